The van der Waals surface area contributed by atoms with Crippen molar-refractivity contribution >= 4 is 35.3 Å². The molecule has 0 bridgehead atoms. The predicted octanol–water partition coefficient (Wildman–Crippen LogP) is 2.11. The third-order valence-corrected chi connectivity index (χ3v) is 4.64. The van der Waals surface area contributed by atoms with Crippen LogP contribution in [-0.2, 0) is 9.53 Å². The number of aliphatic imine (C=N–C) groups is 1. The standard InChI is InChI=1S/C17H15ClN4O3/c1-3-8-21-15(23)13-14(20(2)17(21)24)19-16-22(13)9-12(25-16)10-4-6-11(18)7-5-10/h3-7,9,13-14H,1,8H2,2H3. The number of rotatable bonds is 3. The summed E-state index contributed by atoms with van der Waals surface area (Å²) in [6.07, 6.45) is 2.66. The number of hydrogen-bond donors (Lipinski definition) is 0. The number of carbonyl (C=O) groups excluding carboxylic acids is 2. The molecule has 0 spiro atoms. The smallest absolute Gasteiger partial charge is 0.328 e. The maximum Gasteiger partial charge on any atom is 0.328 e. The number of amides is 3. The van der Waals surface area contributed by atoms with Crippen LogP contribution in [-0.4, -0.2) is 58.5 Å². The van der Waals surface area contributed by atoms with Crippen LogP contribution in [0.2, 0.25) is 5.02 Å². The number of nitrogens with zero attached hydrogens (tertiary/aromatic N) is 4. The van der Waals surface area contributed by atoms with Crippen molar-refractivity contribution in [2.45, 2.75) is 12.2 Å². The van der Waals surface area contributed by atoms with Gasteiger partial charge in [0, 0.05) is 24.2 Å². The molecular formula is C17H15ClN4O3. The first-order valence-corrected chi connectivity index (χ1v) is 8.10. The van der Waals surface area contributed by atoms with E-state index in [2.05, 4.69) is 11.6 Å². The number of fused-ring (bicyclic) bond motifs is 3. The number of imide groups is 1. The molecule has 0 radical (unpaired) electrons. The van der Waals surface area contributed by atoms with Crippen LogP contribution in [0.5, 0.6) is 0 Å². The Morgan fingerprint density at radius 2 is 2.04 bits per heavy atom. The summed E-state index contributed by atoms with van der Waals surface area (Å²) in [6, 6.07) is 6.47. The lowest BCUT2D eigenvalue weighted by Gasteiger charge is -2.39. The summed E-state index contributed by atoms with van der Waals surface area (Å²) in [5, 5.41) is 0.628. The van der Waals surface area contributed by atoms with Gasteiger partial charge >= 0.3 is 6.03 Å². The number of ether oxygens (including phenoxy) is 1. The zero-order chi connectivity index (χ0) is 17.7. The fourth-order valence-electron chi connectivity index (χ4n) is 3.13. The Hall–Kier alpha value is -2.80. The lowest BCUT2D eigenvalue weighted by atomic mass is 10.1. The van der Waals surface area contributed by atoms with E-state index >= 15 is 0 Å². The van der Waals surface area contributed by atoms with Crippen LogP contribution in [0.1, 0.15) is 5.56 Å². The van der Waals surface area contributed by atoms with Crippen molar-refractivity contribution in [3.05, 3.63) is 53.7 Å². The van der Waals surface area contributed by atoms with Gasteiger partial charge in [0.05, 0.1) is 6.20 Å². The SMILES string of the molecule is C=CCN1C(=O)C2C(N=C3OC(c4ccc(Cl)cc4)=CN32)N(C)C1=O. The Morgan fingerprint density at radius 1 is 1.32 bits per heavy atom. The number of hydrogen-bond acceptors (Lipinski definition) is 5. The molecule has 1 fully saturated rings. The Kier molecular flexibility index (Phi) is 3.54. The molecule has 8 heteroatoms. The average Bonchev–Trinajstić information content (AvgIpc) is 3.15. The third kappa shape index (κ3) is 2.31. The second kappa shape index (κ2) is 5.63. The highest BCUT2D eigenvalue weighted by molar-refractivity contribution is 6.30. The van der Waals surface area contributed by atoms with E-state index in [1.165, 1.54) is 15.9 Å². The second-order valence-electron chi connectivity index (χ2n) is 5.91. The Bertz CT molecular complexity index is 833. The van der Waals surface area contributed by atoms with Crippen molar-refractivity contribution in [2.24, 2.45) is 4.99 Å². The van der Waals surface area contributed by atoms with E-state index in [4.69, 9.17) is 16.3 Å². The summed E-state index contributed by atoms with van der Waals surface area (Å²) < 4.78 is 5.80. The molecule has 3 heterocycles. The average molecular weight is 359 g/mol. The zero-order valence-electron chi connectivity index (χ0n) is 13.4. The largest absolute Gasteiger partial charge is 0.423 e. The Morgan fingerprint density at radius 3 is 2.72 bits per heavy atom. The molecule has 7 nitrogen and oxygen atoms in total. The van der Waals surface area contributed by atoms with Crippen LogP contribution in [0.3, 0.4) is 0 Å². The molecule has 3 amide bonds. The molecular weight excluding hydrogens is 344 g/mol. The van der Waals surface area contributed by atoms with Gasteiger partial charge in [-0.15, -0.1) is 6.58 Å². The van der Waals surface area contributed by atoms with Crippen molar-refractivity contribution in [1.82, 2.24) is 14.7 Å². The minimum absolute atomic E-state index is 0.156. The topological polar surface area (TPSA) is 65.5 Å². The van der Waals surface area contributed by atoms with Crippen LogP contribution in [0, 0.1) is 0 Å². The predicted molar refractivity (Wildman–Crippen MR) is 92.4 cm³/mol. The molecule has 3 aliphatic heterocycles. The lowest BCUT2D eigenvalue weighted by molar-refractivity contribution is -0.136. The molecule has 0 saturated carbocycles. The van der Waals surface area contributed by atoms with Crippen LogP contribution in [0.4, 0.5) is 4.79 Å². The van der Waals surface area contributed by atoms with E-state index in [0.29, 0.717) is 16.8 Å². The maximum atomic E-state index is 12.8. The van der Waals surface area contributed by atoms with E-state index in [-0.39, 0.29) is 12.5 Å². The molecule has 2 unspecified atom stereocenters. The van der Waals surface area contributed by atoms with Crippen LogP contribution in [0.25, 0.3) is 5.76 Å². The first kappa shape index (κ1) is 15.7. The molecule has 2 atom stereocenters. The fraction of sp³-hybridized carbons (Fsp3) is 0.235. The van der Waals surface area contributed by atoms with Crippen molar-refractivity contribution in [3.8, 4) is 0 Å². The van der Waals surface area contributed by atoms with Crippen molar-refractivity contribution in [3.63, 3.8) is 0 Å². The number of carbonyl (C=O) groups is 2. The fourth-order valence-corrected chi connectivity index (χ4v) is 3.25. The van der Waals surface area contributed by atoms with Gasteiger partial charge in [-0.2, -0.15) is 0 Å². The molecule has 0 aliphatic carbocycles. The minimum Gasteiger partial charge on any atom is -0.423 e. The Labute approximate surface area is 149 Å². The molecule has 1 aromatic carbocycles. The lowest BCUT2D eigenvalue weighted by Crippen LogP contribution is -2.64. The first-order valence-electron chi connectivity index (χ1n) is 7.72. The van der Waals surface area contributed by atoms with Gasteiger partial charge in [0.1, 0.15) is 0 Å². The normalized spacial score (nSPS) is 24.6. The summed E-state index contributed by atoms with van der Waals surface area (Å²) in [6.45, 7) is 3.76. The van der Waals surface area contributed by atoms with Gasteiger partial charge in [-0.1, -0.05) is 17.7 Å². The molecule has 1 saturated heterocycles. The maximum absolute atomic E-state index is 12.8. The van der Waals surface area contributed by atoms with Crippen molar-refractivity contribution in [1.29, 1.82) is 0 Å². The highest BCUT2D eigenvalue weighted by atomic mass is 35.5. The van der Waals surface area contributed by atoms with Gasteiger partial charge in [-0.05, 0) is 24.3 Å². The van der Waals surface area contributed by atoms with Gasteiger partial charge in [0.15, 0.2) is 18.0 Å². The summed E-state index contributed by atoms with van der Waals surface area (Å²) in [5.41, 5.74) is 0.827. The number of benzene rings is 1. The van der Waals surface area contributed by atoms with Crippen molar-refractivity contribution < 1.29 is 14.3 Å². The van der Waals surface area contributed by atoms with Gasteiger partial charge < -0.3 is 9.64 Å². The molecule has 25 heavy (non-hydrogen) atoms. The van der Waals surface area contributed by atoms with Crippen LogP contribution in [0.15, 0.2) is 48.1 Å². The highest BCUT2D eigenvalue weighted by Gasteiger charge is 2.53. The first-order chi connectivity index (χ1) is 12.0. The quantitative estimate of drug-likeness (QED) is 0.776. The van der Waals surface area contributed by atoms with Crippen LogP contribution >= 0.6 is 11.6 Å². The zero-order valence-corrected chi connectivity index (χ0v) is 14.2. The van der Waals surface area contributed by atoms with E-state index < -0.39 is 18.2 Å². The molecule has 1 aromatic rings. The monoisotopic (exact) mass is 358 g/mol. The van der Waals surface area contributed by atoms with E-state index in [1.54, 1.807) is 30.3 Å². The van der Waals surface area contributed by atoms with E-state index in [1.807, 2.05) is 12.1 Å². The number of urea groups is 1. The number of amidine groups is 1. The highest BCUT2D eigenvalue weighted by Crippen LogP contribution is 2.35. The molecule has 4 rings (SSSR count). The van der Waals surface area contributed by atoms with Crippen LogP contribution < -0.4 is 0 Å². The van der Waals surface area contributed by atoms with Gasteiger partial charge in [-0.25, -0.2) is 9.79 Å². The molecule has 0 aromatic heterocycles. The molecule has 0 N–H and O–H groups in total. The molecule has 128 valence electrons. The summed E-state index contributed by atoms with van der Waals surface area (Å²) >= 11 is 5.91. The van der Waals surface area contributed by atoms with E-state index in [0.717, 1.165) is 5.56 Å². The molecule has 3 aliphatic rings. The number of halogens is 1. The summed E-state index contributed by atoms with van der Waals surface area (Å²) in [4.78, 5) is 33.8. The van der Waals surface area contributed by atoms with Crippen molar-refractivity contribution in [2.75, 3.05) is 13.6 Å². The van der Waals surface area contributed by atoms with E-state index in [9.17, 15) is 9.59 Å². The number of likely N-dealkylation sites (N-methyl/N-ethyl adjacent to an activating group) is 1. The third-order valence-electron chi connectivity index (χ3n) is 4.39. The van der Waals surface area contributed by atoms with Gasteiger partial charge in [0.25, 0.3) is 11.9 Å². The minimum atomic E-state index is -0.637. The van der Waals surface area contributed by atoms with Gasteiger partial charge in [0.2, 0.25) is 0 Å². The summed E-state index contributed by atoms with van der Waals surface area (Å²) in [5.74, 6) is 0.264. The van der Waals surface area contributed by atoms with Gasteiger partial charge in [-0.3, -0.25) is 14.6 Å². The second-order valence-corrected chi connectivity index (χ2v) is 6.35. The summed E-state index contributed by atoms with van der Waals surface area (Å²) in [7, 11) is 1.62. The Balaban J connectivity index is 1.66.